The van der Waals surface area contributed by atoms with Gasteiger partial charge in [-0.15, -0.1) is 0 Å². The zero-order valence-electron chi connectivity index (χ0n) is 8.55. The zero-order valence-corrected chi connectivity index (χ0v) is 8.55. The average molecular weight is 177 g/mol. The minimum atomic E-state index is 1.15. The van der Waals surface area contributed by atoms with Gasteiger partial charge in [0.25, 0.3) is 0 Å². The van der Waals surface area contributed by atoms with E-state index in [1.165, 1.54) is 38.6 Å². The minimum absolute atomic E-state index is 1.15. The van der Waals surface area contributed by atoms with Crippen molar-refractivity contribution in [1.29, 1.82) is 0 Å². The highest BCUT2D eigenvalue weighted by molar-refractivity contribution is 5.33. The van der Waals surface area contributed by atoms with E-state index in [4.69, 9.17) is 0 Å². The molecule has 2 aliphatic rings. The Morgan fingerprint density at radius 1 is 1.08 bits per heavy atom. The van der Waals surface area contributed by atoms with E-state index in [2.05, 4.69) is 24.1 Å². The fourth-order valence-corrected chi connectivity index (χ4v) is 2.19. The van der Waals surface area contributed by atoms with Crippen LogP contribution in [0.25, 0.3) is 0 Å². The van der Waals surface area contributed by atoms with E-state index in [0.717, 1.165) is 6.54 Å². The topological polar surface area (TPSA) is 3.24 Å². The third-order valence-corrected chi connectivity index (χ3v) is 3.12. The number of hydrogen-bond acceptors (Lipinski definition) is 1. The molecule has 1 heterocycles. The molecule has 0 spiro atoms. The van der Waals surface area contributed by atoms with Gasteiger partial charge in [0, 0.05) is 13.1 Å². The van der Waals surface area contributed by atoms with Gasteiger partial charge in [-0.3, -0.25) is 0 Å². The summed E-state index contributed by atoms with van der Waals surface area (Å²) in [5.74, 6) is 0. The molecule has 0 unspecified atom stereocenters. The van der Waals surface area contributed by atoms with Gasteiger partial charge in [0.1, 0.15) is 0 Å². The van der Waals surface area contributed by atoms with Crippen molar-refractivity contribution in [2.24, 2.45) is 0 Å². The van der Waals surface area contributed by atoms with Crippen LogP contribution in [0.5, 0.6) is 0 Å². The lowest BCUT2D eigenvalue weighted by Crippen LogP contribution is -2.24. The Morgan fingerprint density at radius 3 is 2.54 bits per heavy atom. The van der Waals surface area contributed by atoms with Crippen LogP contribution in [-0.2, 0) is 0 Å². The molecule has 0 amide bonds. The molecular weight excluding hydrogens is 158 g/mol. The molecular formula is C12H19N. The predicted octanol–water partition coefficient (Wildman–Crippen LogP) is 2.75. The smallest absolute Gasteiger partial charge is 0.0166 e. The fraction of sp³-hybridized carbons (Fsp3) is 0.667. The maximum absolute atomic E-state index is 2.46. The predicted molar refractivity (Wildman–Crippen MR) is 56.7 cm³/mol. The molecule has 1 aliphatic carbocycles. The molecule has 1 heteroatoms. The van der Waals surface area contributed by atoms with E-state index in [0.29, 0.717) is 0 Å². The van der Waals surface area contributed by atoms with Crippen LogP contribution < -0.4 is 0 Å². The summed E-state index contributed by atoms with van der Waals surface area (Å²) in [4.78, 5) is 2.38. The molecule has 1 aliphatic heterocycles. The van der Waals surface area contributed by atoms with E-state index in [-0.39, 0.29) is 0 Å². The van der Waals surface area contributed by atoms with Crippen LogP contribution in [0.3, 0.4) is 0 Å². The highest BCUT2D eigenvalue weighted by Crippen LogP contribution is 2.27. The van der Waals surface area contributed by atoms with Gasteiger partial charge in [0.05, 0.1) is 0 Å². The Kier molecular flexibility index (Phi) is 2.84. The van der Waals surface area contributed by atoms with Crippen LogP contribution in [0.4, 0.5) is 0 Å². The summed E-state index contributed by atoms with van der Waals surface area (Å²) in [6, 6.07) is 0. The Bertz CT molecular complexity index is 238. The first kappa shape index (κ1) is 9.01. The molecule has 2 rings (SSSR count). The van der Waals surface area contributed by atoms with Crippen molar-refractivity contribution >= 4 is 0 Å². The first-order chi connectivity index (χ1) is 6.36. The van der Waals surface area contributed by atoms with Gasteiger partial charge in [-0.05, 0) is 50.3 Å². The first-order valence-corrected chi connectivity index (χ1v) is 5.43. The molecule has 0 aromatic heterocycles. The van der Waals surface area contributed by atoms with Gasteiger partial charge in [-0.2, -0.15) is 0 Å². The van der Waals surface area contributed by atoms with E-state index in [1.807, 2.05) is 0 Å². The summed E-state index contributed by atoms with van der Waals surface area (Å²) in [5, 5.41) is 0. The van der Waals surface area contributed by atoms with Crippen molar-refractivity contribution in [2.45, 2.75) is 32.1 Å². The van der Waals surface area contributed by atoms with Crippen molar-refractivity contribution < 1.29 is 0 Å². The van der Waals surface area contributed by atoms with Crippen molar-refractivity contribution in [3.63, 3.8) is 0 Å². The van der Waals surface area contributed by atoms with E-state index in [1.54, 1.807) is 11.1 Å². The van der Waals surface area contributed by atoms with Crippen LogP contribution in [0.15, 0.2) is 23.3 Å². The molecule has 0 saturated carbocycles. The van der Waals surface area contributed by atoms with Crippen LogP contribution in [0, 0.1) is 0 Å². The Hall–Kier alpha value is -0.560. The van der Waals surface area contributed by atoms with Crippen molar-refractivity contribution in [2.75, 3.05) is 20.1 Å². The summed E-state index contributed by atoms with van der Waals surface area (Å²) in [6.07, 6.45) is 11.6. The number of hydrogen-bond donors (Lipinski definition) is 0. The highest BCUT2D eigenvalue weighted by Gasteiger charge is 2.12. The monoisotopic (exact) mass is 177 g/mol. The Balaban J connectivity index is 2.03. The minimum Gasteiger partial charge on any atom is -0.302 e. The van der Waals surface area contributed by atoms with E-state index < -0.39 is 0 Å². The maximum atomic E-state index is 2.46. The molecule has 0 aromatic carbocycles. The number of allylic oxidation sites excluding steroid dienone is 2. The highest BCUT2D eigenvalue weighted by atomic mass is 15.1. The van der Waals surface area contributed by atoms with E-state index in [9.17, 15) is 0 Å². The number of nitrogens with zero attached hydrogens (tertiary/aromatic N) is 1. The number of rotatable bonds is 1. The summed E-state index contributed by atoms with van der Waals surface area (Å²) in [7, 11) is 2.20. The molecule has 0 radical (unpaired) electrons. The van der Waals surface area contributed by atoms with Crippen molar-refractivity contribution in [3.8, 4) is 0 Å². The van der Waals surface area contributed by atoms with Crippen LogP contribution in [-0.4, -0.2) is 25.0 Å². The number of likely N-dealkylation sites (N-methyl/N-ethyl adjacent to an activating group) is 1. The molecule has 0 bridgehead atoms. The molecule has 0 fully saturated rings. The molecule has 0 saturated heterocycles. The van der Waals surface area contributed by atoms with Crippen LogP contribution in [0.2, 0.25) is 0 Å². The third kappa shape index (κ3) is 2.22. The molecule has 13 heavy (non-hydrogen) atoms. The van der Waals surface area contributed by atoms with Gasteiger partial charge < -0.3 is 4.90 Å². The normalized spacial score (nSPS) is 25.3. The summed E-state index contributed by atoms with van der Waals surface area (Å²) in [5.41, 5.74) is 3.29. The van der Waals surface area contributed by atoms with Crippen LogP contribution >= 0.6 is 0 Å². The lowest BCUT2D eigenvalue weighted by Gasteiger charge is -2.24. The second kappa shape index (κ2) is 4.10. The third-order valence-electron chi connectivity index (χ3n) is 3.12. The molecule has 0 aromatic rings. The van der Waals surface area contributed by atoms with Crippen molar-refractivity contribution in [3.05, 3.63) is 23.3 Å². The summed E-state index contributed by atoms with van der Waals surface area (Å²) >= 11 is 0. The second-order valence-electron chi connectivity index (χ2n) is 4.22. The molecule has 0 N–H and O–H groups in total. The van der Waals surface area contributed by atoms with Gasteiger partial charge >= 0.3 is 0 Å². The zero-order chi connectivity index (χ0) is 9.10. The first-order valence-electron chi connectivity index (χ1n) is 5.43. The lowest BCUT2D eigenvalue weighted by molar-refractivity contribution is 0.359. The summed E-state index contributed by atoms with van der Waals surface area (Å²) < 4.78 is 0. The maximum Gasteiger partial charge on any atom is 0.0166 e. The lowest BCUT2D eigenvalue weighted by atomic mass is 9.90. The molecule has 72 valence electrons. The second-order valence-corrected chi connectivity index (χ2v) is 4.22. The van der Waals surface area contributed by atoms with Gasteiger partial charge in [0.2, 0.25) is 0 Å². The van der Waals surface area contributed by atoms with Crippen molar-refractivity contribution in [1.82, 2.24) is 4.90 Å². The van der Waals surface area contributed by atoms with Gasteiger partial charge in [-0.25, -0.2) is 0 Å². The van der Waals surface area contributed by atoms with Crippen LogP contribution in [0.1, 0.15) is 32.1 Å². The molecule has 0 atom stereocenters. The van der Waals surface area contributed by atoms with E-state index >= 15 is 0 Å². The largest absolute Gasteiger partial charge is 0.302 e. The SMILES string of the molecule is CN1CC=C(C2=CCCCC2)CC1. The summed E-state index contributed by atoms with van der Waals surface area (Å²) in [6.45, 7) is 2.38. The standard InChI is InChI=1S/C12H19N/c1-13-9-7-12(8-10-13)11-5-3-2-4-6-11/h5,7H,2-4,6,8-10H2,1H3. The van der Waals surface area contributed by atoms with Gasteiger partial charge in [-0.1, -0.05) is 12.2 Å². The quantitative estimate of drug-likeness (QED) is 0.595. The Morgan fingerprint density at radius 2 is 1.92 bits per heavy atom. The average Bonchev–Trinajstić information content (AvgIpc) is 2.20. The molecule has 1 nitrogen and oxygen atoms in total. The van der Waals surface area contributed by atoms with Gasteiger partial charge in [0.15, 0.2) is 0 Å². The fourth-order valence-electron chi connectivity index (χ4n) is 2.19. The Labute approximate surface area is 81.1 Å².